The second-order valence-corrected chi connectivity index (χ2v) is 7.22. The molecular weight excluding hydrogens is 268 g/mol. The highest BCUT2D eigenvalue weighted by atomic mass is 32.2. The van der Waals surface area contributed by atoms with Crippen molar-refractivity contribution in [2.24, 2.45) is 0 Å². The van der Waals surface area contributed by atoms with Crippen LogP contribution in [-0.4, -0.2) is 31.4 Å². The molecule has 0 saturated carbocycles. The van der Waals surface area contributed by atoms with Gasteiger partial charge in [0.15, 0.2) is 0 Å². The fourth-order valence-electron chi connectivity index (χ4n) is 2.69. The minimum Gasteiger partial charge on any atom is -0.491 e. The van der Waals surface area contributed by atoms with Gasteiger partial charge in [-0.3, -0.25) is 0 Å². The molecule has 2 aromatic carbocycles. The molecule has 0 N–H and O–H groups in total. The third-order valence-corrected chi connectivity index (χ3v) is 6.17. The molecule has 20 heavy (non-hydrogen) atoms. The largest absolute Gasteiger partial charge is 0.491 e. The highest BCUT2D eigenvalue weighted by Crippen LogP contribution is 2.31. The predicted molar refractivity (Wildman–Crippen MR) is 88.5 cm³/mol. The highest BCUT2D eigenvalue weighted by molar-refractivity contribution is 7.95. The lowest BCUT2D eigenvalue weighted by Gasteiger charge is -2.11. The van der Waals surface area contributed by atoms with Crippen LogP contribution in [0.15, 0.2) is 41.3 Å². The van der Waals surface area contributed by atoms with Gasteiger partial charge in [-0.15, -0.1) is 10.5 Å². The lowest BCUT2D eigenvalue weighted by Crippen LogP contribution is -2.05. The minimum atomic E-state index is -0.0736. The number of hydrogen-bond acceptors (Lipinski definition) is 2. The summed E-state index contributed by atoms with van der Waals surface area (Å²) < 4.78 is 10.9. The van der Waals surface area contributed by atoms with Crippen molar-refractivity contribution in [3.63, 3.8) is 0 Å². The summed E-state index contributed by atoms with van der Waals surface area (Å²) in [6.45, 7) is 1.22. The van der Waals surface area contributed by atoms with Gasteiger partial charge >= 0.3 is 0 Å². The zero-order valence-electron chi connectivity index (χ0n) is 11.8. The summed E-state index contributed by atoms with van der Waals surface area (Å²) in [4.78, 5) is 1.51. The first-order chi connectivity index (χ1) is 9.90. The fourth-order valence-corrected chi connectivity index (χ4v) is 5.09. The number of rotatable bonds is 5. The molecule has 0 fully saturated rings. The molecule has 1 heterocycles. The van der Waals surface area contributed by atoms with Gasteiger partial charge < -0.3 is 9.47 Å². The Bertz CT molecular complexity index is 634. The van der Waals surface area contributed by atoms with E-state index in [9.17, 15) is 0 Å². The zero-order chi connectivity index (χ0) is 13.8. The highest BCUT2D eigenvalue weighted by Gasteiger charge is 2.16. The van der Waals surface area contributed by atoms with Gasteiger partial charge in [-0.2, -0.15) is 0 Å². The molecule has 3 rings (SSSR count). The molecule has 3 heteroatoms. The van der Waals surface area contributed by atoms with E-state index in [1.807, 2.05) is 0 Å². The molecule has 1 aliphatic heterocycles. The average Bonchev–Trinajstić information content (AvgIpc) is 3.01. The van der Waals surface area contributed by atoms with Gasteiger partial charge in [0.2, 0.25) is 0 Å². The van der Waals surface area contributed by atoms with Gasteiger partial charge in [0.05, 0.1) is 17.7 Å². The maximum absolute atomic E-state index is 5.85. The van der Waals surface area contributed by atoms with Crippen molar-refractivity contribution < 1.29 is 9.47 Å². The molecule has 0 aromatic heterocycles. The predicted octanol–water partition coefficient (Wildman–Crippen LogP) is 3.17. The number of hydrogen-bond donors (Lipinski definition) is 0. The van der Waals surface area contributed by atoms with Crippen LogP contribution < -0.4 is 4.74 Å². The van der Waals surface area contributed by atoms with E-state index in [4.69, 9.17) is 9.47 Å². The first-order valence-electron chi connectivity index (χ1n) is 7.13. The quantitative estimate of drug-likeness (QED) is 0.364. The van der Waals surface area contributed by atoms with Crippen LogP contribution in [0.25, 0.3) is 10.8 Å². The SMILES string of the molecule is COCCOc1ccc([SH+]2=CCCC2)c2ccccc12. The van der Waals surface area contributed by atoms with E-state index < -0.39 is 0 Å². The first kappa shape index (κ1) is 13.7. The summed E-state index contributed by atoms with van der Waals surface area (Å²) in [7, 11) is 1.62. The van der Waals surface area contributed by atoms with Crippen LogP contribution in [0, 0.1) is 0 Å². The normalized spacial score (nSPS) is 18.1. The molecule has 0 bridgehead atoms. The van der Waals surface area contributed by atoms with Gasteiger partial charge in [-0.25, -0.2) is 0 Å². The van der Waals surface area contributed by atoms with E-state index in [1.54, 1.807) is 7.11 Å². The van der Waals surface area contributed by atoms with E-state index in [-0.39, 0.29) is 10.5 Å². The van der Waals surface area contributed by atoms with Gasteiger partial charge in [0.25, 0.3) is 0 Å². The number of ether oxygens (including phenoxy) is 2. The molecule has 2 aromatic rings. The Kier molecular flexibility index (Phi) is 4.38. The average molecular weight is 289 g/mol. The number of fused-ring (bicyclic) bond motifs is 1. The second kappa shape index (κ2) is 6.42. The van der Waals surface area contributed by atoms with Crippen LogP contribution in [-0.2, 0) is 15.2 Å². The van der Waals surface area contributed by atoms with E-state index in [0.29, 0.717) is 13.2 Å². The van der Waals surface area contributed by atoms with Gasteiger partial charge in [0, 0.05) is 24.3 Å². The van der Waals surface area contributed by atoms with Crippen molar-refractivity contribution in [3.05, 3.63) is 36.4 Å². The van der Waals surface area contributed by atoms with Crippen molar-refractivity contribution in [3.8, 4) is 5.75 Å². The maximum atomic E-state index is 5.85. The molecule has 0 aliphatic carbocycles. The fraction of sp³-hybridized carbons (Fsp3) is 0.353. The molecule has 1 atom stereocenters. The summed E-state index contributed by atoms with van der Waals surface area (Å²) in [5.74, 6) is 2.30. The number of methoxy groups -OCH3 is 1. The summed E-state index contributed by atoms with van der Waals surface area (Å²) >= 11 is 0. The molecule has 1 unspecified atom stereocenters. The lowest BCUT2D eigenvalue weighted by molar-refractivity contribution is 0.147. The van der Waals surface area contributed by atoms with E-state index in [1.165, 1.54) is 34.3 Å². The lowest BCUT2D eigenvalue weighted by atomic mass is 10.1. The Hall–Kier alpha value is -1.32. The summed E-state index contributed by atoms with van der Waals surface area (Å²) in [5, 5.41) is 5.10. The standard InChI is InChI=1S/C17H20O2S/c1-18-10-11-19-16-8-9-17(20-12-4-5-13-20)15-7-3-2-6-14(15)16/h2-3,6-9,12H,4-5,10-11,13H2,1H3/p+1. The molecule has 0 radical (unpaired) electrons. The molecule has 2 nitrogen and oxygen atoms in total. The van der Waals surface area contributed by atoms with Crippen molar-refractivity contribution in [2.75, 3.05) is 26.1 Å². The van der Waals surface area contributed by atoms with Gasteiger partial charge in [-0.05, 0) is 24.6 Å². The smallest absolute Gasteiger partial charge is 0.127 e. The Morgan fingerprint density at radius 1 is 1.05 bits per heavy atom. The monoisotopic (exact) mass is 289 g/mol. The van der Waals surface area contributed by atoms with Gasteiger partial charge in [-0.1, -0.05) is 18.2 Å². The summed E-state index contributed by atoms with van der Waals surface area (Å²) in [6.07, 6.45) is 2.61. The first-order valence-corrected chi connectivity index (χ1v) is 8.73. The Balaban J connectivity index is 2.01. The van der Waals surface area contributed by atoms with Gasteiger partial charge in [0.1, 0.15) is 17.3 Å². The second-order valence-electron chi connectivity index (χ2n) is 4.99. The van der Waals surface area contributed by atoms with Crippen molar-refractivity contribution >= 4 is 26.6 Å². The summed E-state index contributed by atoms with van der Waals surface area (Å²) in [5.41, 5.74) is 0. The van der Waals surface area contributed by atoms with Crippen molar-refractivity contribution in [2.45, 2.75) is 17.7 Å². The van der Waals surface area contributed by atoms with Crippen LogP contribution in [0.5, 0.6) is 5.75 Å². The van der Waals surface area contributed by atoms with Crippen LogP contribution in [0.4, 0.5) is 0 Å². The molecule has 1 aliphatic rings. The van der Waals surface area contributed by atoms with Crippen LogP contribution >= 0.6 is 0 Å². The topological polar surface area (TPSA) is 18.5 Å². The molecule has 0 amide bonds. The van der Waals surface area contributed by atoms with Crippen molar-refractivity contribution in [1.29, 1.82) is 0 Å². The third-order valence-electron chi connectivity index (χ3n) is 3.67. The minimum absolute atomic E-state index is 0.0736. The Labute approximate surface area is 122 Å². The number of thiol groups is 1. The van der Waals surface area contributed by atoms with E-state index >= 15 is 0 Å². The van der Waals surface area contributed by atoms with Crippen LogP contribution in [0.2, 0.25) is 0 Å². The summed E-state index contributed by atoms with van der Waals surface area (Å²) in [6, 6.07) is 13.0. The zero-order valence-corrected chi connectivity index (χ0v) is 12.7. The maximum Gasteiger partial charge on any atom is 0.127 e. The third kappa shape index (κ3) is 2.74. The Morgan fingerprint density at radius 3 is 2.65 bits per heavy atom. The van der Waals surface area contributed by atoms with Crippen molar-refractivity contribution in [1.82, 2.24) is 0 Å². The molecule has 106 valence electrons. The van der Waals surface area contributed by atoms with Crippen LogP contribution in [0.3, 0.4) is 0 Å². The van der Waals surface area contributed by atoms with E-state index in [0.717, 1.165) is 5.75 Å². The Morgan fingerprint density at radius 2 is 1.90 bits per heavy atom. The molecular formula is C17H21O2S+. The molecule has 0 spiro atoms. The molecule has 0 saturated heterocycles. The number of benzene rings is 2. The van der Waals surface area contributed by atoms with E-state index in [2.05, 4.69) is 41.8 Å². The van der Waals surface area contributed by atoms with Crippen LogP contribution in [0.1, 0.15) is 12.8 Å².